The third-order valence-corrected chi connectivity index (χ3v) is 5.49. The van der Waals surface area contributed by atoms with Crippen molar-refractivity contribution in [2.45, 2.75) is 111 Å². The van der Waals surface area contributed by atoms with Crippen molar-refractivity contribution in [2.75, 3.05) is 6.61 Å². The minimum atomic E-state index is -0.300. The van der Waals surface area contributed by atoms with E-state index in [1.54, 1.807) is 5.57 Å². The molecule has 2 unspecified atom stereocenters. The number of hydrogen-bond donors (Lipinski definition) is 0. The average Bonchev–Trinajstić information content (AvgIpc) is 2.62. The van der Waals surface area contributed by atoms with Crippen LogP contribution in [0.15, 0.2) is 36.0 Å². The van der Waals surface area contributed by atoms with E-state index in [2.05, 4.69) is 53.3 Å². The number of allylic oxidation sites excluding steroid dienone is 4. The van der Waals surface area contributed by atoms with Gasteiger partial charge >= 0.3 is 0 Å². The molecule has 0 radical (unpaired) electrons. The monoisotopic (exact) mass is 376 g/mol. The molecule has 27 heavy (non-hydrogen) atoms. The molecule has 1 rings (SSSR count). The van der Waals surface area contributed by atoms with Gasteiger partial charge in [0.25, 0.3) is 0 Å². The van der Waals surface area contributed by atoms with Crippen LogP contribution in [0.4, 0.5) is 0 Å². The maximum absolute atomic E-state index is 6.20. The lowest BCUT2D eigenvalue weighted by Crippen LogP contribution is -2.34. The predicted octanol–water partition coefficient (Wildman–Crippen LogP) is 7.75. The van der Waals surface area contributed by atoms with Gasteiger partial charge in [-0.1, -0.05) is 49.6 Å². The van der Waals surface area contributed by atoms with E-state index in [4.69, 9.17) is 9.47 Å². The summed E-state index contributed by atoms with van der Waals surface area (Å²) < 4.78 is 11.9. The van der Waals surface area contributed by atoms with Gasteiger partial charge in [0.05, 0.1) is 5.60 Å². The van der Waals surface area contributed by atoms with Gasteiger partial charge in [-0.3, -0.25) is 0 Å². The molecule has 0 spiro atoms. The first-order chi connectivity index (χ1) is 12.8. The summed E-state index contributed by atoms with van der Waals surface area (Å²) in [5, 5.41) is 0. The summed E-state index contributed by atoms with van der Waals surface area (Å²) in [6.45, 7) is 16.1. The van der Waals surface area contributed by atoms with Crippen molar-refractivity contribution in [3.05, 3.63) is 36.0 Å². The molecule has 2 heteroatoms. The minimum absolute atomic E-state index is 0.0596. The number of hydrogen-bond acceptors (Lipinski definition) is 2. The van der Waals surface area contributed by atoms with E-state index in [-0.39, 0.29) is 11.9 Å². The van der Waals surface area contributed by atoms with Crippen molar-refractivity contribution < 1.29 is 9.47 Å². The third-order valence-electron chi connectivity index (χ3n) is 5.49. The molecule has 1 fully saturated rings. The Morgan fingerprint density at radius 3 is 2.48 bits per heavy atom. The highest BCUT2D eigenvalue weighted by Gasteiger charge is 2.26. The van der Waals surface area contributed by atoms with Crippen LogP contribution < -0.4 is 0 Å². The van der Waals surface area contributed by atoms with E-state index in [1.807, 2.05) is 6.08 Å². The van der Waals surface area contributed by atoms with Crippen molar-refractivity contribution in [2.24, 2.45) is 5.92 Å². The van der Waals surface area contributed by atoms with Crippen LogP contribution in [0.25, 0.3) is 0 Å². The lowest BCUT2D eigenvalue weighted by molar-refractivity contribution is -0.207. The molecule has 2 nitrogen and oxygen atoms in total. The first-order valence-corrected chi connectivity index (χ1v) is 11.1. The fraction of sp³-hybridized carbons (Fsp3) is 0.760. The van der Waals surface area contributed by atoms with Crippen molar-refractivity contribution >= 4 is 0 Å². The van der Waals surface area contributed by atoms with Gasteiger partial charge in [-0.15, -0.1) is 6.58 Å². The normalized spacial score (nSPS) is 21.3. The quantitative estimate of drug-likeness (QED) is 0.306. The summed E-state index contributed by atoms with van der Waals surface area (Å²) in [5.41, 5.74) is 2.72. The molecular formula is C25H44O2. The lowest BCUT2D eigenvalue weighted by Gasteiger charge is -2.33. The van der Waals surface area contributed by atoms with E-state index >= 15 is 0 Å². The second-order valence-corrected chi connectivity index (χ2v) is 8.90. The Hall–Kier alpha value is -0.860. The molecule has 1 heterocycles. The number of ether oxygens (including phenoxy) is 2. The average molecular weight is 377 g/mol. The predicted molar refractivity (Wildman–Crippen MR) is 118 cm³/mol. The summed E-state index contributed by atoms with van der Waals surface area (Å²) in [6.07, 6.45) is 18.2. The molecular weight excluding hydrogens is 332 g/mol. The molecule has 0 aliphatic carbocycles. The summed E-state index contributed by atoms with van der Waals surface area (Å²) in [4.78, 5) is 0. The molecule has 1 saturated heterocycles. The highest BCUT2D eigenvalue weighted by molar-refractivity contribution is 5.05. The van der Waals surface area contributed by atoms with Gasteiger partial charge in [-0.2, -0.15) is 0 Å². The first kappa shape index (κ1) is 24.2. The summed E-state index contributed by atoms with van der Waals surface area (Å²) in [5.74, 6) is 0.817. The van der Waals surface area contributed by atoms with Crippen LogP contribution in [0.1, 0.15) is 98.8 Å². The molecule has 1 aliphatic heterocycles. The van der Waals surface area contributed by atoms with Gasteiger partial charge in [0.2, 0.25) is 0 Å². The lowest BCUT2D eigenvalue weighted by atomic mass is 9.98. The SMILES string of the molecule is C=CC(C)(CC/C=C(\C)CC/C=C(\C)CCCC(C)C)OC1CCCCO1. The summed E-state index contributed by atoms with van der Waals surface area (Å²) >= 11 is 0. The second-order valence-electron chi connectivity index (χ2n) is 8.90. The minimum Gasteiger partial charge on any atom is -0.353 e. The molecule has 0 aromatic carbocycles. The molecule has 2 atom stereocenters. The number of rotatable bonds is 13. The van der Waals surface area contributed by atoms with E-state index in [9.17, 15) is 0 Å². The smallest absolute Gasteiger partial charge is 0.158 e. The molecule has 0 amide bonds. The molecule has 0 N–H and O–H groups in total. The van der Waals surface area contributed by atoms with E-state index in [1.165, 1.54) is 31.3 Å². The zero-order valence-corrected chi connectivity index (χ0v) is 18.7. The maximum atomic E-state index is 6.20. The van der Waals surface area contributed by atoms with Crippen molar-refractivity contribution in [1.29, 1.82) is 0 Å². The van der Waals surface area contributed by atoms with Crippen LogP contribution in [-0.2, 0) is 9.47 Å². The standard InChI is InChI=1S/C25H44O2/c1-7-25(6,27-24-18-8-9-20-26-24)19-12-17-23(5)16-11-15-22(4)14-10-13-21(2)3/h7,15,17,21,24H,1,8-14,16,18-20H2,2-6H3/b22-15+,23-17+. The summed E-state index contributed by atoms with van der Waals surface area (Å²) in [6, 6.07) is 0. The summed E-state index contributed by atoms with van der Waals surface area (Å²) in [7, 11) is 0. The van der Waals surface area contributed by atoms with E-state index < -0.39 is 0 Å². The largest absolute Gasteiger partial charge is 0.353 e. The van der Waals surface area contributed by atoms with Crippen LogP contribution in [0.5, 0.6) is 0 Å². The molecule has 156 valence electrons. The Labute approximate surface area is 169 Å². The highest BCUT2D eigenvalue weighted by Crippen LogP contribution is 2.26. The fourth-order valence-corrected chi connectivity index (χ4v) is 3.46. The van der Waals surface area contributed by atoms with Crippen molar-refractivity contribution in [3.8, 4) is 0 Å². The van der Waals surface area contributed by atoms with Gasteiger partial charge in [0.15, 0.2) is 6.29 Å². The van der Waals surface area contributed by atoms with Crippen LogP contribution in [0.2, 0.25) is 0 Å². The Morgan fingerprint density at radius 2 is 1.85 bits per heavy atom. The third kappa shape index (κ3) is 11.5. The van der Waals surface area contributed by atoms with Crippen molar-refractivity contribution in [3.63, 3.8) is 0 Å². The van der Waals surface area contributed by atoms with Gasteiger partial charge in [0.1, 0.15) is 0 Å². The van der Waals surface area contributed by atoms with Crippen LogP contribution in [0.3, 0.4) is 0 Å². The Morgan fingerprint density at radius 1 is 1.15 bits per heavy atom. The van der Waals surface area contributed by atoms with Crippen molar-refractivity contribution in [1.82, 2.24) is 0 Å². The Bertz CT molecular complexity index is 469. The van der Waals surface area contributed by atoms with Crippen LogP contribution in [0, 0.1) is 5.92 Å². The van der Waals surface area contributed by atoms with Gasteiger partial charge in [-0.05, 0) is 84.5 Å². The second kappa shape index (κ2) is 13.3. The fourth-order valence-electron chi connectivity index (χ4n) is 3.46. The van der Waals surface area contributed by atoms with Gasteiger partial charge in [-0.25, -0.2) is 0 Å². The van der Waals surface area contributed by atoms with E-state index in [0.29, 0.717) is 0 Å². The molecule has 0 bridgehead atoms. The van der Waals surface area contributed by atoms with E-state index in [0.717, 1.165) is 51.0 Å². The maximum Gasteiger partial charge on any atom is 0.158 e. The molecule has 1 aliphatic rings. The molecule has 0 saturated carbocycles. The Balaban J connectivity index is 2.30. The first-order valence-electron chi connectivity index (χ1n) is 11.1. The van der Waals surface area contributed by atoms with Gasteiger partial charge in [0, 0.05) is 6.61 Å². The molecule has 0 aromatic heterocycles. The van der Waals surface area contributed by atoms with Crippen LogP contribution in [-0.4, -0.2) is 18.5 Å². The topological polar surface area (TPSA) is 18.5 Å². The van der Waals surface area contributed by atoms with Crippen LogP contribution >= 0.6 is 0 Å². The zero-order valence-electron chi connectivity index (χ0n) is 18.7. The Kier molecular flexibility index (Phi) is 11.9. The van der Waals surface area contributed by atoms with Gasteiger partial charge < -0.3 is 9.47 Å². The molecule has 0 aromatic rings. The highest BCUT2D eigenvalue weighted by atomic mass is 16.7. The zero-order chi connectivity index (χ0) is 20.1.